The number of hydrogen-bond donors (Lipinski definition) is 1. The standard InChI is InChI=1S/C13H13N5OS2/c1-20-8-11-16-9(7-21-11)5-15-12(19)10-6-18-4-2-3-14-13(18)17-10/h2-4,6-7H,5,8H2,1H3,(H,15,19). The number of nitrogens with one attached hydrogen (secondary N) is 1. The van der Waals surface area contributed by atoms with Crippen molar-refractivity contribution in [3.05, 3.63) is 46.4 Å². The Bertz CT molecular complexity index is 734. The summed E-state index contributed by atoms with van der Waals surface area (Å²) in [6.45, 7) is 0.408. The molecule has 1 N–H and O–H groups in total. The fourth-order valence-corrected chi connectivity index (χ4v) is 3.34. The van der Waals surface area contributed by atoms with Crippen LogP contribution in [0.1, 0.15) is 21.2 Å². The summed E-state index contributed by atoms with van der Waals surface area (Å²) in [7, 11) is 0. The molecule has 0 aliphatic carbocycles. The first-order valence-electron chi connectivity index (χ1n) is 6.26. The van der Waals surface area contributed by atoms with E-state index in [9.17, 15) is 4.79 Å². The number of fused-ring (bicyclic) bond motifs is 1. The Labute approximate surface area is 129 Å². The summed E-state index contributed by atoms with van der Waals surface area (Å²) in [6.07, 6.45) is 7.16. The first-order chi connectivity index (χ1) is 10.3. The normalized spacial score (nSPS) is 10.9. The van der Waals surface area contributed by atoms with E-state index in [4.69, 9.17) is 0 Å². The lowest BCUT2D eigenvalue weighted by molar-refractivity contribution is 0.0946. The molecule has 0 aromatic carbocycles. The van der Waals surface area contributed by atoms with Gasteiger partial charge in [-0.25, -0.2) is 15.0 Å². The van der Waals surface area contributed by atoms with Crippen LogP contribution in [0.5, 0.6) is 0 Å². The van der Waals surface area contributed by atoms with Gasteiger partial charge in [0.05, 0.1) is 12.2 Å². The van der Waals surface area contributed by atoms with Crippen LogP contribution in [0.3, 0.4) is 0 Å². The quantitative estimate of drug-likeness (QED) is 0.778. The van der Waals surface area contributed by atoms with Crippen molar-refractivity contribution in [1.82, 2.24) is 24.7 Å². The van der Waals surface area contributed by atoms with Crippen LogP contribution in [0.4, 0.5) is 0 Å². The van der Waals surface area contributed by atoms with E-state index in [-0.39, 0.29) is 5.91 Å². The monoisotopic (exact) mass is 319 g/mol. The molecule has 21 heavy (non-hydrogen) atoms. The Balaban J connectivity index is 1.65. The largest absolute Gasteiger partial charge is 0.345 e. The molecule has 3 rings (SSSR count). The van der Waals surface area contributed by atoms with E-state index in [1.54, 1.807) is 52.2 Å². The van der Waals surface area contributed by atoms with Gasteiger partial charge in [0, 0.05) is 29.7 Å². The molecule has 0 spiro atoms. The second kappa shape index (κ2) is 6.23. The van der Waals surface area contributed by atoms with Crippen molar-refractivity contribution < 1.29 is 4.79 Å². The molecule has 0 fully saturated rings. The number of carbonyl (C=O) groups excluding carboxylic acids is 1. The number of amides is 1. The van der Waals surface area contributed by atoms with Gasteiger partial charge in [0.1, 0.15) is 10.7 Å². The minimum Gasteiger partial charge on any atom is -0.345 e. The van der Waals surface area contributed by atoms with E-state index >= 15 is 0 Å². The number of hydrogen-bond acceptors (Lipinski definition) is 6. The second-order valence-corrected chi connectivity index (χ2v) is 6.11. The van der Waals surface area contributed by atoms with Gasteiger partial charge in [0.2, 0.25) is 5.78 Å². The molecule has 0 aliphatic rings. The smallest absolute Gasteiger partial charge is 0.271 e. The highest BCUT2D eigenvalue weighted by molar-refractivity contribution is 7.97. The number of thioether (sulfide) groups is 1. The van der Waals surface area contributed by atoms with Crippen LogP contribution in [0.2, 0.25) is 0 Å². The van der Waals surface area contributed by atoms with E-state index in [0.29, 0.717) is 18.0 Å². The van der Waals surface area contributed by atoms with Crippen molar-refractivity contribution in [2.24, 2.45) is 0 Å². The number of carbonyl (C=O) groups is 1. The summed E-state index contributed by atoms with van der Waals surface area (Å²) in [6, 6.07) is 1.79. The first-order valence-corrected chi connectivity index (χ1v) is 8.54. The molecular formula is C13H13N5OS2. The summed E-state index contributed by atoms with van der Waals surface area (Å²) in [5.74, 6) is 1.19. The Kier molecular flexibility index (Phi) is 4.16. The van der Waals surface area contributed by atoms with Crippen LogP contribution in [-0.4, -0.2) is 31.5 Å². The molecule has 0 saturated heterocycles. The maximum Gasteiger partial charge on any atom is 0.271 e. The van der Waals surface area contributed by atoms with E-state index in [0.717, 1.165) is 16.5 Å². The van der Waals surface area contributed by atoms with Crippen LogP contribution in [0.25, 0.3) is 5.78 Å². The van der Waals surface area contributed by atoms with Crippen LogP contribution >= 0.6 is 23.1 Å². The molecule has 0 saturated carbocycles. The zero-order chi connectivity index (χ0) is 14.7. The summed E-state index contributed by atoms with van der Waals surface area (Å²) in [4.78, 5) is 24.8. The van der Waals surface area contributed by atoms with Crippen LogP contribution < -0.4 is 5.32 Å². The molecule has 1 amide bonds. The molecule has 0 unspecified atom stereocenters. The molecule has 0 atom stereocenters. The fourth-order valence-electron chi connectivity index (χ4n) is 1.82. The lowest BCUT2D eigenvalue weighted by Gasteiger charge is -1.99. The molecule has 3 aromatic heterocycles. The van der Waals surface area contributed by atoms with Crippen LogP contribution in [0, 0.1) is 0 Å². The molecular weight excluding hydrogens is 306 g/mol. The Morgan fingerprint density at radius 3 is 3.19 bits per heavy atom. The molecule has 108 valence electrons. The minimum absolute atomic E-state index is 0.222. The van der Waals surface area contributed by atoms with Crippen molar-refractivity contribution in [3.8, 4) is 0 Å². The second-order valence-electron chi connectivity index (χ2n) is 4.30. The van der Waals surface area contributed by atoms with Crippen molar-refractivity contribution in [2.75, 3.05) is 6.26 Å². The van der Waals surface area contributed by atoms with Gasteiger partial charge >= 0.3 is 0 Å². The highest BCUT2D eigenvalue weighted by Gasteiger charge is 2.11. The number of imidazole rings is 1. The van der Waals surface area contributed by atoms with Gasteiger partial charge in [-0.15, -0.1) is 11.3 Å². The fraction of sp³-hybridized carbons (Fsp3) is 0.231. The lowest BCUT2D eigenvalue weighted by atomic mass is 10.4. The summed E-state index contributed by atoms with van der Waals surface area (Å²) in [5.41, 5.74) is 1.23. The number of aromatic nitrogens is 4. The predicted octanol–water partition coefficient (Wildman–Crippen LogP) is 1.98. The number of nitrogens with zero attached hydrogens (tertiary/aromatic N) is 4. The zero-order valence-corrected chi connectivity index (χ0v) is 12.9. The third-order valence-corrected chi connectivity index (χ3v) is 4.41. The molecule has 0 aliphatic heterocycles. The van der Waals surface area contributed by atoms with E-state index in [1.165, 1.54) is 0 Å². The summed E-state index contributed by atoms with van der Waals surface area (Å²) >= 11 is 3.34. The van der Waals surface area contributed by atoms with Gasteiger partial charge < -0.3 is 5.32 Å². The van der Waals surface area contributed by atoms with Gasteiger partial charge in [-0.1, -0.05) is 0 Å². The maximum absolute atomic E-state index is 12.1. The van der Waals surface area contributed by atoms with Gasteiger partial charge in [-0.2, -0.15) is 11.8 Å². The minimum atomic E-state index is -0.222. The maximum atomic E-state index is 12.1. The molecule has 8 heteroatoms. The SMILES string of the molecule is CSCc1nc(CNC(=O)c2cn3cccnc3n2)cs1. The summed E-state index contributed by atoms with van der Waals surface area (Å²) < 4.78 is 1.72. The van der Waals surface area contributed by atoms with Crippen molar-refractivity contribution >= 4 is 34.8 Å². The molecule has 3 aromatic rings. The van der Waals surface area contributed by atoms with E-state index in [1.807, 2.05) is 11.6 Å². The number of rotatable bonds is 5. The zero-order valence-electron chi connectivity index (χ0n) is 11.3. The third kappa shape index (κ3) is 3.22. The highest BCUT2D eigenvalue weighted by Crippen LogP contribution is 2.15. The Morgan fingerprint density at radius 2 is 2.38 bits per heavy atom. The lowest BCUT2D eigenvalue weighted by Crippen LogP contribution is -2.23. The van der Waals surface area contributed by atoms with Crippen LogP contribution in [-0.2, 0) is 12.3 Å². The van der Waals surface area contributed by atoms with Gasteiger partial charge in [-0.3, -0.25) is 9.20 Å². The Hall–Kier alpha value is -1.93. The van der Waals surface area contributed by atoms with Gasteiger partial charge in [0.15, 0.2) is 0 Å². The average Bonchev–Trinajstić information content (AvgIpc) is 3.11. The third-order valence-electron chi connectivity index (χ3n) is 2.77. The molecule has 3 heterocycles. The topological polar surface area (TPSA) is 72.2 Å². The summed E-state index contributed by atoms with van der Waals surface area (Å²) in [5, 5.41) is 5.87. The molecule has 0 radical (unpaired) electrons. The van der Waals surface area contributed by atoms with Crippen LogP contribution in [0.15, 0.2) is 30.0 Å². The van der Waals surface area contributed by atoms with Crippen molar-refractivity contribution in [2.45, 2.75) is 12.3 Å². The van der Waals surface area contributed by atoms with E-state index in [2.05, 4.69) is 20.3 Å². The van der Waals surface area contributed by atoms with Crippen molar-refractivity contribution in [1.29, 1.82) is 0 Å². The average molecular weight is 319 g/mol. The molecule has 0 bridgehead atoms. The Morgan fingerprint density at radius 1 is 1.48 bits per heavy atom. The van der Waals surface area contributed by atoms with E-state index < -0.39 is 0 Å². The predicted molar refractivity (Wildman–Crippen MR) is 83.5 cm³/mol. The van der Waals surface area contributed by atoms with Gasteiger partial charge in [-0.05, 0) is 12.3 Å². The molecule has 6 nitrogen and oxygen atoms in total. The van der Waals surface area contributed by atoms with Crippen molar-refractivity contribution in [3.63, 3.8) is 0 Å². The van der Waals surface area contributed by atoms with Gasteiger partial charge in [0.25, 0.3) is 5.91 Å². The highest BCUT2D eigenvalue weighted by atomic mass is 32.2. The number of thiazole rings is 1. The first kappa shape index (κ1) is 14.0.